The lowest BCUT2D eigenvalue weighted by Crippen LogP contribution is -2.32. The third-order valence-corrected chi connectivity index (χ3v) is 4.18. The van der Waals surface area contributed by atoms with Gasteiger partial charge in [0.25, 0.3) is 11.8 Å². The zero-order chi connectivity index (χ0) is 21.9. The molecule has 0 heterocycles. The smallest absolute Gasteiger partial charge is 0.325 e. The molecule has 3 aromatic rings. The number of benzene rings is 3. The maximum atomic E-state index is 12.0. The molecule has 0 aromatic heterocycles. The average Bonchev–Trinajstić information content (AvgIpc) is 2.82. The Labute approximate surface area is 180 Å². The summed E-state index contributed by atoms with van der Waals surface area (Å²) in [5.74, 6) is -0.913. The predicted octanol–water partition coefficient (Wildman–Crippen LogP) is 3.18. The van der Waals surface area contributed by atoms with Crippen LogP contribution in [0.25, 0.3) is 0 Å². The van der Waals surface area contributed by atoms with Gasteiger partial charge in [-0.1, -0.05) is 48.5 Å². The number of esters is 1. The van der Waals surface area contributed by atoms with Crippen molar-refractivity contribution in [3.63, 3.8) is 0 Å². The Bertz CT molecular complexity index is 1010. The van der Waals surface area contributed by atoms with Crippen molar-refractivity contribution in [2.45, 2.75) is 6.61 Å². The maximum absolute atomic E-state index is 12.0. The molecule has 0 unspecified atom stereocenters. The Kier molecular flexibility index (Phi) is 7.77. The molecule has 3 rings (SSSR count). The minimum absolute atomic E-state index is 0.325. The van der Waals surface area contributed by atoms with Crippen molar-refractivity contribution in [3.05, 3.63) is 96.1 Å². The number of hydrogen-bond acceptors (Lipinski definition) is 5. The fourth-order valence-corrected chi connectivity index (χ4v) is 2.61. The number of carbonyl (C=O) groups is 3. The molecular formula is C24H22N2O5. The van der Waals surface area contributed by atoms with Crippen LogP contribution in [0.1, 0.15) is 15.9 Å². The van der Waals surface area contributed by atoms with E-state index in [1.807, 2.05) is 30.3 Å². The topological polar surface area (TPSA) is 93.7 Å². The van der Waals surface area contributed by atoms with Crippen LogP contribution in [0.3, 0.4) is 0 Å². The molecule has 2 N–H and O–H groups in total. The first-order valence-electron chi connectivity index (χ1n) is 9.65. The van der Waals surface area contributed by atoms with Crippen LogP contribution in [0.2, 0.25) is 0 Å². The molecule has 0 aliphatic heterocycles. The summed E-state index contributed by atoms with van der Waals surface area (Å²) in [5, 5.41) is 5.07. The van der Waals surface area contributed by atoms with E-state index in [1.165, 1.54) is 0 Å². The molecule has 0 saturated carbocycles. The van der Waals surface area contributed by atoms with Gasteiger partial charge in [-0.15, -0.1) is 0 Å². The molecule has 0 aliphatic rings. The summed E-state index contributed by atoms with van der Waals surface area (Å²) in [6.07, 6.45) is 0. The molecule has 31 heavy (non-hydrogen) atoms. The minimum atomic E-state index is -0.705. The third-order valence-electron chi connectivity index (χ3n) is 4.18. The van der Waals surface area contributed by atoms with Crippen molar-refractivity contribution < 1.29 is 23.9 Å². The van der Waals surface area contributed by atoms with Crippen LogP contribution < -0.4 is 15.4 Å². The van der Waals surface area contributed by atoms with Crippen LogP contribution >= 0.6 is 0 Å². The van der Waals surface area contributed by atoms with Gasteiger partial charge in [-0.3, -0.25) is 14.4 Å². The lowest BCUT2D eigenvalue weighted by atomic mass is 10.2. The van der Waals surface area contributed by atoms with E-state index in [-0.39, 0.29) is 6.54 Å². The highest BCUT2D eigenvalue weighted by atomic mass is 16.5. The van der Waals surface area contributed by atoms with Gasteiger partial charge in [-0.05, 0) is 42.0 Å². The van der Waals surface area contributed by atoms with Gasteiger partial charge in [0.2, 0.25) is 0 Å². The molecule has 0 fully saturated rings. The van der Waals surface area contributed by atoms with E-state index in [9.17, 15) is 14.4 Å². The second-order valence-corrected chi connectivity index (χ2v) is 6.56. The number of rotatable bonds is 9. The summed E-state index contributed by atoms with van der Waals surface area (Å²) in [7, 11) is 0. The van der Waals surface area contributed by atoms with Crippen molar-refractivity contribution in [3.8, 4) is 5.75 Å². The Morgan fingerprint density at radius 3 is 2.10 bits per heavy atom. The second-order valence-electron chi connectivity index (χ2n) is 6.56. The van der Waals surface area contributed by atoms with E-state index >= 15 is 0 Å². The SMILES string of the molecule is O=C(COC(=O)CNC(=O)c1ccccc1)Nc1ccc(OCc2ccccc2)cc1. The standard InChI is InChI=1S/C24H22N2O5/c27-22(17-31-23(28)15-25-24(29)19-9-5-2-6-10-19)26-20-11-13-21(14-12-20)30-16-18-7-3-1-4-8-18/h1-14H,15-17H2,(H,25,29)(H,26,27). The summed E-state index contributed by atoms with van der Waals surface area (Å²) >= 11 is 0. The monoisotopic (exact) mass is 418 g/mol. The van der Waals surface area contributed by atoms with Crippen molar-refractivity contribution in [2.75, 3.05) is 18.5 Å². The van der Waals surface area contributed by atoms with Crippen LogP contribution in [0, 0.1) is 0 Å². The fraction of sp³-hybridized carbons (Fsp3) is 0.125. The van der Waals surface area contributed by atoms with Gasteiger partial charge >= 0.3 is 5.97 Å². The quantitative estimate of drug-likeness (QED) is 0.521. The van der Waals surface area contributed by atoms with Crippen molar-refractivity contribution in [1.82, 2.24) is 5.32 Å². The molecule has 3 aromatic carbocycles. The van der Waals surface area contributed by atoms with E-state index in [1.54, 1.807) is 54.6 Å². The van der Waals surface area contributed by atoms with Crippen LogP contribution in [0.5, 0.6) is 5.75 Å². The lowest BCUT2D eigenvalue weighted by Gasteiger charge is -2.09. The third kappa shape index (κ3) is 7.32. The Morgan fingerprint density at radius 2 is 1.42 bits per heavy atom. The van der Waals surface area contributed by atoms with E-state index in [4.69, 9.17) is 9.47 Å². The molecule has 158 valence electrons. The summed E-state index contributed by atoms with van der Waals surface area (Å²) in [6, 6.07) is 25.1. The van der Waals surface area contributed by atoms with Crippen molar-refractivity contribution in [2.24, 2.45) is 0 Å². The van der Waals surface area contributed by atoms with Crippen LogP contribution in [0.4, 0.5) is 5.69 Å². The van der Waals surface area contributed by atoms with Crippen molar-refractivity contribution >= 4 is 23.5 Å². The van der Waals surface area contributed by atoms with Crippen LogP contribution in [-0.2, 0) is 20.9 Å². The van der Waals surface area contributed by atoms with Gasteiger partial charge in [-0.25, -0.2) is 0 Å². The van der Waals surface area contributed by atoms with E-state index in [2.05, 4.69) is 10.6 Å². The highest BCUT2D eigenvalue weighted by molar-refractivity contribution is 5.96. The molecule has 7 heteroatoms. The van der Waals surface area contributed by atoms with Crippen molar-refractivity contribution in [1.29, 1.82) is 0 Å². The number of hydrogen-bond donors (Lipinski definition) is 2. The first-order chi connectivity index (χ1) is 15.1. The minimum Gasteiger partial charge on any atom is -0.489 e. The largest absolute Gasteiger partial charge is 0.489 e. The number of nitrogens with one attached hydrogen (secondary N) is 2. The number of ether oxygens (including phenoxy) is 2. The van der Waals surface area contributed by atoms with Crippen LogP contribution in [0.15, 0.2) is 84.9 Å². The normalized spacial score (nSPS) is 10.1. The van der Waals surface area contributed by atoms with Crippen LogP contribution in [-0.4, -0.2) is 30.9 Å². The Morgan fingerprint density at radius 1 is 0.774 bits per heavy atom. The molecule has 0 bridgehead atoms. The lowest BCUT2D eigenvalue weighted by molar-refractivity contribution is -0.146. The fourth-order valence-electron chi connectivity index (χ4n) is 2.61. The predicted molar refractivity (Wildman–Crippen MR) is 116 cm³/mol. The molecule has 0 aliphatic carbocycles. The molecule has 0 spiro atoms. The number of amides is 2. The van der Waals surface area contributed by atoms with Gasteiger partial charge in [0.1, 0.15) is 18.9 Å². The highest BCUT2D eigenvalue weighted by Gasteiger charge is 2.11. The molecule has 0 saturated heterocycles. The Hall–Kier alpha value is -4.13. The summed E-state index contributed by atoms with van der Waals surface area (Å²) in [5.41, 5.74) is 2.04. The summed E-state index contributed by atoms with van der Waals surface area (Å²) in [6.45, 7) is -0.329. The Balaban J connectivity index is 1.36. The van der Waals surface area contributed by atoms with Gasteiger partial charge < -0.3 is 20.1 Å². The summed E-state index contributed by atoms with van der Waals surface area (Å²) < 4.78 is 10.6. The maximum Gasteiger partial charge on any atom is 0.325 e. The number of anilines is 1. The van der Waals surface area contributed by atoms with Gasteiger partial charge in [0, 0.05) is 11.3 Å². The molecule has 0 radical (unpaired) electrons. The molecule has 0 atom stereocenters. The summed E-state index contributed by atoms with van der Waals surface area (Å²) in [4.78, 5) is 35.6. The zero-order valence-corrected chi connectivity index (χ0v) is 16.7. The average molecular weight is 418 g/mol. The van der Waals surface area contributed by atoms with E-state index in [0.717, 1.165) is 5.56 Å². The first kappa shape index (κ1) is 21.6. The molecule has 7 nitrogen and oxygen atoms in total. The van der Waals surface area contributed by atoms with E-state index < -0.39 is 24.4 Å². The second kappa shape index (κ2) is 11.2. The van der Waals surface area contributed by atoms with Gasteiger partial charge in [0.05, 0.1) is 0 Å². The number of carbonyl (C=O) groups excluding carboxylic acids is 3. The van der Waals surface area contributed by atoms with E-state index in [0.29, 0.717) is 23.6 Å². The molecular weight excluding hydrogens is 396 g/mol. The highest BCUT2D eigenvalue weighted by Crippen LogP contribution is 2.17. The van der Waals surface area contributed by atoms with Gasteiger partial charge in [0.15, 0.2) is 6.61 Å². The first-order valence-corrected chi connectivity index (χ1v) is 9.65. The molecule has 2 amide bonds. The zero-order valence-electron chi connectivity index (χ0n) is 16.7. The van der Waals surface area contributed by atoms with Gasteiger partial charge in [-0.2, -0.15) is 0 Å².